The van der Waals surface area contributed by atoms with Crippen molar-refractivity contribution >= 4 is 37.4 Å². The lowest BCUT2D eigenvalue weighted by atomic mass is 9.64. The molecule has 3 nitrogen and oxygen atoms in total. The standard InChI is InChI=1S/C44H56O3Si2/c1-43(2,3)48(37-19-11-7-12-20-37,38-21-13-8-14-22-38)45-31-35-27-33-29-41-42(47-41)30-34(33)28-36(35)32-46-49(44(4,5)6,39-23-15-9-16-24-39)40-25-17-10-18-26-40/h7-26,33-36,41-42H,27-32H2,1-6H3/t33-,34+,35-,36-,41+,42-/m1/s1. The van der Waals surface area contributed by atoms with E-state index in [0.29, 0.717) is 35.9 Å². The zero-order valence-corrected chi connectivity index (χ0v) is 32.5. The van der Waals surface area contributed by atoms with Crippen molar-refractivity contribution in [1.29, 1.82) is 0 Å². The second-order valence-electron chi connectivity index (χ2n) is 17.1. The smallest absolute Gasteiger partial charge is 0.261 e. The molecule has 49 heavy (non-hydrogen) atoms. The second kappa shape index (κ2) is 13.7. The van der Waals surface area contributed by atoms with Gasteiger partial charge in [0.2, 0.25) is 0 Å². The van der Waals surface area contributed by atoms with Gasteiger partial charge in [-0.3, -0.25) is 0 Å². The average Bonchev–Trinajstić information content (AvgIpc) is 3.86. The number of benzene rings is 4. The Kier molecular flexibility index (Phi) is 9.70. The van der Waals surface area contributed by atoms with Crippen LogP contribution < -0.4 is 20.7 Å². The van der Waals surface area contributed by atoms with Crippen molar-refractivity contribution in [2.24, 2.45) is 23.7 Å². The van der Waals surface area contributed by atoms with Gasteiger partial charge in [-0.25, -0.2) is 0 Å². The van der Waals surface area contributed by atoms with Gasteiger partial charge in [0.25, 0.3) is 16.6 Å². The van der Waals surface area contributed by atoms with Crippen LogP contribution >= 0.6 is 0 Å². The van der Waals surface area contributed by atoms with E-state index in [2.05, 4.69) is 163 Å². The predicted molar refractivity (Wildman–Crippen MR) is 208 cm³/mol. The van der Waals surface area contributed by atoms with Gasteiger partial charge in [-0.1, -0.05) is 163 Å². The van der Waals surface area contributed by atoms with Crippen LogP contribution in [0.1, 0.15) is 67.2 Å². The van der Waals surface area contributed by atoms with E-state index < -0.39 is 16.6 Å². The Balaban J connectivity index is 1.25. The van der Waals surface area contributed by atoms with E-state index >= 15 is 0 Å². The van der Waals surface area contributed by atoms with Gasteiger partial charge in [0, 0.05) is 13.2 Å². The predicted octanol–water partition coefficient (Wildman–Crippen LogP) is 7.96. The third kappa shape index (κ3) is 6.58. The summed E-state index contributed by atoms with van der Waals surface area (Å²) in [6.07, 6.45) is 5.81. The third-order valence-corrected chi connectivity index (χ3v) is 22.2. The van der Waals surface area contributed by atoms with Crippen LogP contribution in [0.15, 0.2) is 121 Å². The fourth-order valence-corrected chi connectivity index (χ4v) is 19.0. The lowest BCUT2D eigenvalue weighted by Gasteiger charge is -2.48. The summed E-state index contributed by atoms with van der Waals surface area (Å²) in [6.45, 7) is 15.9. The van der Waals surface area contributed by atoms with Gasteiger partial charge in [-0.15, -0.1) is 0 Å². The minimum Gasteiger partial charge on any atom is -0.407 e. The number of rotatable bonds is 10. The first-order chi connectivity index (χ1) is 23.5. The van der Waals surface area contributed by atoms with E-state index in [9.17, 15) is 0 Å². The number of ether oxygens (including phenoxy) is 1. The first-order valence-corrected chi connectivity index (χ1v) is 22.5. The van der Waals surface area contributed by atoms with E-state index in [0.717, 1.165) is 13.2 Å². The van der Waals surface area contributed by atoms with E-state index in [4.69, 9.17) is 13.6 Å². The highest BCUT2D eigenvalue weighted by molar-refractivity contribution is 7.00. The summed E-state index contributed by atoms with van der Waals surface area (Å²) in [5.74, 6) is 2.27. The molecule has 0 aromatic heterocycles. The molecule has 5 heteroatoms. The summed E-state index contributed by atoms with van der Waals surface area (Å²) >= 11 is 0. The lowest BCUT2D eigenvalue weighted by Crippen LogP contribution is -2.67. The Labute approximate surface area is 297 Å². The molecule has 6 atom stereocenters. The van der Waals surface area contributed by atoms with Crippen molar-refractivity contribution in [3.8, 4) is 0 Å². The van der Waals surface area contributed by atoms with Crippen LogP contribution in [0.4, 0.5) is 0 Å². The Hall–Kier alpha value is -2.81. The molecular formula is C44H56O3Si2. The Morgan fingerprint density at radius 1 is 0.469 bits per heavy atom. The van der Waals surface area contributed by atoms with Crippen LogP contribution in [-0.2, 0) is 13.6 Å². The summed E-state index contributed by atoms with van der Waals surface area (Å²) in [6, 6.07) is 44.6. The third-order valence-electron chi connectivity index (χ3n) is 12.2. The number of hydrogen-bond donors (Lipinski definition) is 0. The van der Waals surface area contributed by atoms with E-state index in [1.54, 1.807) is 0 Å². The van der Waals surface area contributed by atoms with Crippen LogP contribution in [0.25, 0.3) is 0 Å². The molecule has 0 radical (unpaired) electrons. The molecule has 1 heterocycles. The van der Waals surface area contributed by atoms with Crippen molar-refractivity contribution in [1.82, 2.24) is 0 Å². The SMILES string of the molecule is CC(C)(C)[Si](OC[C@H]1C[C@@H]2C[C@@H]3O[C@@H]3C[C@@H]2C[C@@H]1CO[Si](c1ccccc1)(c1ccccc1)C(C)(C)C)(c1ccccc1)c1ccccc1. The monoisotopic (exact) mass is 688 g/mol. The van der Waals surface area contributed by atoms with Crippen molar-refractivity contribution in [2.75, 3.05) is 13.2 Å². The average molecular weight is 689 g/mol. The molecule has 4 aromatic carbocycles. The van der Waals surface area contributed by atoms with Gasteiger partial charge in [0.1, 0.15) is 0 Å². The van der Waals surface area contributed by atoms with Crippen LogP contribution in [-0.4, -0.2) is 42.1 Å². The molecule has 0 spiro atoms. The molecule has 0 bridgehead atoms. The Bertz CT molecular complexity index is 1440. The zero-order chi connectivity index (χ0) is 34.3. The first kappa shape index (κ1) is 34.6. The van der Waals surface area contributed by atoms with Crippen molar-refractivity contribution in [3.63, 3.8) is 0 Å². The van der Waals surface area contributed by atoms with Crippen molar-refractivity contribution in [3.05, 3.63) is 121 Å². The maximum absolute atomic E-state index is 7.68. The molecule has 3 fully saturated rings. The molecule has 4 aromatic rings. The van der Waals surface area contributed by atoms with Crippen LogP contribution in [0.2, 0.25) is 10.1 Å². The highest BCUT2D eigenvalue weighted by atomic mass is 28.4. The molecule has 2 aliphatic carbocycles. The van der Waals surface area contributed by atoms with Gasteiger partial charge >= 0.3 is 0 Å². The summed E-state index contributed by atoms with van der Waals surface area (Å²) in [5, 5.41) is 5.33. The second-order valence-corrected chi connectivity index (χ2v) is 25.8. The van der Waals surface area contributed by atoms with E-state index in [1.807, 2.05) is 0 Å². The zero-order valence-electron chi connectivity index (χ0n) is 30.5. The van der Waals surface area contributed by atoms with Crippen molar-refractivity contribution < 1.29 is 13.6 Å². The summed E-state index contributed by atoms with van der Waals surface area (Å²) in [7, 11) is -5.33. The van der Waals surface area contributed by atoms with Crippen LogP contribution in [0.5, 0.6) is 0 Å². The van der Waals surface area contributed by atoms with Crippen LogP contribution in [0, 0.1) is 23.7 Å². The summed E-state index contributed by atoms with van der Waals surface area (Å²) < 4.78 is 21.5. The van der Waals surface area contributed by atoms with Gasteiger partial charge < -0.3 is 13.6 Å². The van der Waals surface area contributed by atoms with E-state index in [-0.39, 0.29) is 10.1 Å². The number of hydrogen-bond acceptors (Lipinski definition) is 3. The highest BCUT2D eigenvalue weighted by Crippen LogP contribution is 2.52. The summed E-state index contributed by atoms with van der Waals surface area (Å²) in [5.41, 5.74) is 0. The molecule has 2 saturated carbocycles. The van der Waals surface area contributed by atoms with E-state index in [1.165, 1.54) is 46.4 Å². The fraction of sp³-hybridized carbons (Fsp3) is 0.455. The molecule has 3 aliphatic rings. The van der Waals surface area contributed by atoms with Crippen LogP contribution in [0.3, 0.4) is 0 Å². The molecule has 0 unspecified atom stereocenters. The minimum absolute atomic E-state index is 0.0479. The normalized spacial score (nSPS) is 25.7. The maximum Gasteiger partial charge on any atom is 0.261 e. The van der Waals surface area contributed by atoms with Gasteiger partial charge in [-0.05, 0) is 80.2 Å². The molecular weight excluding hydrogens is 633 g/mol. The number of fused-ring (bicyclic) bond motifs is 2. The van der Waals surface area contributed by atoms with Gasteiger partial charge in [0.15, 0.2) is 0 Å². The van der Waals surface area contributed by atoms with Crippen molar-refractivity contribution in [2.45, 2.75) is 89.5 Å². The first-order valence-electron chi connectivity index (χ1n) is 18.7. The maximum atomic E-state index is 7.68. The topological polar surface area (TPSA) is 31.0 Å². The molecule has 0 N–H and O–H groups in total. The Morgan fingerprint density at radius 2 is 0.755 bits per heavy atom. The summed E-state index contributed by atoms with van der Waals surface area (Å²) in [4.78, 5) is 0. The van der Waals surface area contributed by atoms with Gasteiger partial charge in [0.05, 0.1) is 12.2 Å². The Morgan fingerprint density at radius 3 is 1.02 bits per heavy atom. The largest absolute Gasteiger partial charge is 0.407 e. The number of epoxide rings is 1. The lowest BCUT2D eigenvalue weighted by molar-refractivity contribution is 0.0290. The quantitative estimate of drug-likeness (QED) is 0.125. The molecule has 258 valence electrons. The fourth-order valence-electron chi connectivity index (χ4n) is 9.71. The molecule has 0 amide bonds. The molecule has 7 rings (SSSR count). The van der Waals surface area contributed by atoms with Gasteiger partial charge in [-0.2, -0.15) is 0 Å². The molecule has 1 aliphatic heterocycles. The highest BCUT2D eigenvalue weighted by Gasteiger charge is 2.55. The minimum atomic E-state index is -2.66. The molecule has 1 saturated heterocycles.